The molecule has 20 heavy (non-hydrogen) atoms. The average molecular weight is 340 g/mol. The minimum absolute atomic E-state index is 0.438. The van der Waals surface area contributed by atoms with E-state index in [1.54, 1.807) is 0 Å². The highest BCUT2D eigenvalue weighted by Gasteiger charge is 2.27. The number of nitrogens with one attached hydrogen (secondary N) is 1. The van der Waals surface area contributed by atoms with Crippen LogP contribution in [0.3, 0.4) is 0 Å². The number of hydrogen-bond donors (Lipinski definition) is 1. The molecular weight excluding hydrogens is 318 g/mol. The molecular formula is C16H22BrNO2. The Morgan fingerprint density at radius 1 is 1.25 bits per heavy atom. The van der Waals surface area contributed by atoms with E-state index in [1.807, 2.05) is 0 Å². The zero-order valence-corrected chi connectivity index (χ0v) is 13.8. The lowest BCUT2D eigenvalue weighted by atomic mass is 9.88. The summed E-state index contributed by atoms with van der Waals surface area (Å²) in [4.78, 5) is 0. The van der Waals surface area contributed by atoms with E-state index in [0.29, 0.717) is 25.2 Å². The summed E-state index contributed by atoms with van der Waals surface area (Å²) >= 11 is 3.75. The van der Waals surface area contributed by atoms with Gasteiger partial charge in [0.2, 0.25) is 0 Å². The van der Waals surface area contributed by atoms with Crippen molar-refractivity contribution in [2.45, 2.75) is 45.1 Å². The second kappa shape index (κ2) is 5.94. The maximum absolute atomic E-state index is 5.80. The summed E-state index contributed by atoms with van der Waals surface area (Å²) in [7, 11) is 0. The minimum atomic E-state index is 0.438. The Bertz CT molecular complexity index is 496. The van der Waals surface area contributed by atoms with Gasteiger partial charge >= 0.3 is 0 Å². The van der Waals surface area contributed by atoms with Gasteiger partial charge in [-0.15, -0.1) is 0 Å². The molecule has 1 unspecified atom stereocenters. The van der Waals surface area contributed by atoms with Crippen molar-refractivity contribution in [2.24, 2.45) is 0 Å². The molecule has 1 aromatic rings. The van der Waals surface area contributed by atoms with Crippen LogP contribution in [0.2, 0.25) is 0 Å². The SMILES string of the molecule is CC(C)c1c(C2CCCCN2)cc2c(c1Br)OCCO2. The van der Waals surface area contributed by atoms with Gasteiger partial charge in [0.15, 0.2) is 11.5 Å². The highest BCUT2D eigenvalue weighted by molar-refractivity contribution is 9.10. The molecule has 0 amide bonds. The molecule has 110 valence electrons. The van der Waals surface area contributed by atoms with Crippen molar-refractivity contribution in [3.63, 3.8) is 0 Å². The van der Waals surface area contributed by atoms with Crippen LogP contribution in [0.4, 0.5) is 0 Å². The van der Waals surface area contributed by atoms with Crippen LogP contribution >= 0.6 is 15.9 Å². The van der Waals surface area contributed by atoms with E-state index in [9.17, 15) is 0 Å². The van der Waals surface area contributed by atoms with Gasteiger partial charge in [-0.1, -0.05) is 20.3 Å². The van der Waals surface area contributed by atoms with Crippen molar-refractivity contribution in [3.8, 4) is 11.5 Å². The molecule has 4 heteroatoms. The molecule has 2 aliphatic rings. The second-order valence-corrected chi connectivity index (χ2v) is 6.67. The predicted molar refractivity (Wildman–Crippen MR) is 83.8 cm³/mol. The highest BCUT2D eigenvalue weighted by Crippen LogP contribution is 2.46. The van der Waals surface area contributed by atoms with Crippen molar-refractivity contribution in [2.75, 3.05) is 19.8 Å². The number of benzene rings is 1. The molecule has 1 saturated heterocycles. The Morgan fingerprint density at radius 3 is 2.75 bits per heavy atom. The summed E-state index contributed by atoms with van der Waals surface area (Å²) in [6.45, 7) is 6.85. The maximum atomic E-state index is 5.80. The first kappa shape index (κ1) is 14.2. The van der Waals surface area contributed by atoms with E-state index in [2.05, 4.69) is 41.2 Å². The first-order valence-corrected chi connectivity index (χ1v) is 8.33. The monoisotopic (exact) mass is 339 g/mol. The third kappa shape index (κ3) is 2.56. The fourth-order valence-electron chi connectivity index (χ4n) is 3.17. The molecule has 2 aliphatic heterocycles. The Balaban J connectivity index is 2.08. The van der Waals surface area contributed by atoms with Crippen LogP contribution in [0.5, 0.6) is 11.5 Å². The van der Waals surface area contributed by atoms with Gasteiger partial charge in [-0.25, -0.2) is 0 Å². The molecule has 1 fully saturated rings. The summed E-state index contributed by atoms with van der Waals surface area (Å²) in [6.07, 6.45) is 3.77. The quantitative estimate of drug-likeness (QED) is 0.877. The van der Waals surface area contributed by atoms with Crippen LogP contribution in [0, 0.1) is 0 Å². The zero-order valence-electron chi connectivity index (χ0n) is 12.2. The number of rotatable bonds is 2. The summed E-state index contributed by atoms with van der Waals surface area (Å²) in [5.74, 6) is 2.22. The molecule has 1 atom stereocenters. The van der Waals surface area contributed by atoms with Crippen LogP contribution < -0.4 is 14.8 Å². The van der Waals surface area contributed by atoms with Crippen molar-refractivity contribution in [1.29, 1.82) is 0 Å². The smallest absolute Gasteiger partial charge is 0.175 e. The minimum Gasteiger partial charge on any atom is -0.486 e. The van der Waals surface area contributed by atoms with Gasteiger partial charge in [0, 0.05) is 6.04 Å². The van der Waals surface area contributed by atoms with Gasteiger partial charge in [-0.3, -0.25) is 0 Å². The molecule has 3 rings (SSSR count). The molecule has 0 radical (unpaired) electrons. The van der Waals surface area contributed by atoms with E-state index in [1.165, 1.54) is 30.4 Å². The van der Waals surface area contributed by atoms with Gasteiger partial charge in [-0.2, -0.15) is 0 Å². The van der Waals surface area contributed by atoms with Crippen LogP contribution in [0.15, 0.2) is 10.5 Å². The largest absolute Gasteiger partial charge is 0.486 e. The standard InChI is InChI=1S/C16H22BrNO2/c1-10(2)14-11(12-5-3-4-6-18-12)9-13-16(15(14)17)20-8-7-19-13/h9-10,12,18H,3-8H2,1-2H3. The fraction of sp³-hybridized carbons (Fsp3) is 0.625. The number of hydrogen-bond acceptors (Lipinski definition) is 3. The highest BCUT2D eigenvalue weighted by atomic mass is 79.9. The molecule has 0 saturated carbocycles. The van der Waals surface area contributed by atoms with Crippen molar-refractivity contribution >= 4 is 15.9 Å². The Morgan fingerprint density at radius 2 is 2.05 bits per heavy atom. The predicted octanol–water partition coefficient (Wildman–Crippen LogP) is 4.16. The van der Waals surface area contributed by atoms with Gasteiger partial charge < -0.3 is 14.8 Å². The molecule has 0 bridgehead atoms. The van der Waals surface area contributed by atoms with Crippen molar-refractivity contribution in [3.05, 3.63) is 21.7 Å². The molecule has 1 N–H and O–H groups in total. The topological polar surface area (TPSA) is 30.5 Å². The number of ether oxygens (including phenoxy) is 2. The number of halogens is 1. The van der Waals surface area contributed by atoms with Gasteiger partial charge in [0.05, 0.1) is 4.47 Å². The zero-order chi connectivity index (χ0) is 14.1. The molecule has 2 heterocycles. The summed E-state index contributed by atoms with van der Waals surface area (Å²) in [6, 6.07) is 2.63. The van der Waals surface area contributed by atoms with Crippen LogP contribution in [-0.4, -0.2) is 19.8 Å². The molecule has 3 nitrogen and oxygen atoms in total. The number of piperidine rings is 1. The Labute approximate surface area is 129 Å². The first-order valence-electron chi connectivity index (χ1n) is 7.53. The van der Waals surface area contributed by atoms with E-state index in [0.717, 1.165) is 22.5 Å². The van der Waals surface area contributed by atoms with E-state index in [-0.39, 0.29) is 0 Å². The lowest BCUT2D eigenvalue weighted by molar-refractivity contribution is 0.169. The normalized spacial score (nSPS) is 22.1. The van der Waals surface area contributed by atoms with Crippen LogP contribution in [0.1, 0.15) is 56.2 Å². The first-order chi connectivity index (χ1) is 9.68. The van der Waals surface area contributed by atoms with Gasteiger partial charge in [0.25, 0.3) is 0 Å². The Kier molecular flexibility index (Phi) is 4.22. The van der Waals surface area contributed by atoms with Gasteiger partial charge in [-0.05, 0) is 58.4 Å². The Hall–Kier alpha value is -0.740. The summed E-state index contributed by atoms with van der Waals surface area (Å²) in [5, 5.41) is 3.65. The van der Waals surface area contributed by atoms with E-state index >= 15 is 0 Å². The fourth-order valence-corrected chi connectivity index (χ4v) is 4.17. The van der Waals surface area contributed by atoms with Crippen LogP contribution in [0.25, 0.3) is 0 Å². The number of fused-ring (bicyclic) bond motifs is 1. The maximum Gasteiger partial charge on any atom is 0.175 e. The summed E-state index contributed by atoms with van der Waals surface area (Å²) in [5.41, 5.74) is 2.73. The second-order valence-electron chi connectivity index (χ2n) is 5.87. The summed E-state index contributed by atoms with van der Waals surface area (Å²) < 4.78 is 12.7. The van der Waals surface area contributed by atoms with Crippen molar-refractivity contribution < 1.29 is 9.47 Å². The molecule has 1 aromatic carbocycles. The lowest BCUT2D eigenvalue weighted by Gasteiger charge is -2.30. The van der Waals surface area contributed by atoms with E-state index in [4.69, 9.17) is 9.47 Å². The average Bonchev–Trinajstić information content (AvgIpc) is 2.47. The molecule has 0 aliphatic carbocycles. The van der Waals surface area contributed by atoms with Crippen molar-refractivity contribution in [1.82, 2.24) is 5.32 Å². The van der Waals surface area contributed by atoms with Crippen LogP contribution in [-0.2, 0) is 0 Å². The molecule has 0 spiro atoms. The molecule has 0 aromatic heterocycles. The van der Waals surface area contributed by atoms with Gasteiger partial charge in [0.1, 0.15) is 13.2 Å². The third-order valence-corrected chi connectivity index (χ3v) is 4.89. The lowest BCUT2D eigenvalue weighted by Crippen LogP contribution is -2.28. The third-order valence-electron chi connectivity index (χ3n) is 4.11. The van der Waals surface area contributed by atoms with E-state index < -0.39 is 0 Å².